The fourth-order valence-corrected chi connectivity index (χ4v) is 3.78. The van der Waals surface area contributed by atoms with E-state index in [0.717, 1.165) is 54.8 Å². The first-order chi connectivity index (χ1) is 11.8. The molecule has 0 aliphatic carbocycles. The summed E-state index contributed by atoms with van der Waals surface area (Å²) in [5.74, 6) is 0.919. The van der Waals surface area contributed by atoms with E-state index in [4.69, 9.17) is 0 Å². The van der Waals surface area contributed by atoms with Gasteiger partial charge in [0.05, 0.1) is 18.3 Å². The van der Waals surface area contributed by atoms with E-state index < -0.39 is 0 Å². The molecule has 0 radical (unpaired) electrons. The van der Waals surface area contributed by atoms with Crippen LogP contribution in [0, 0.1) is 5.92 Å². The maximum absolute atomic E-state index is 12.5. The first kappa shape index (κ1) is 17.0. The Morgan fingerprint density at radius 2 is 2.21 bits per heavy atom. The maximum Gasteiger partial charge on any atom is 0.228 e. The molecule has 1 aliphatic heterocycles. The first-order valence-electron chi connectivity index (χ1n) is 8.39. The van der Waals surface area contributed by atoms with E-state index in [1.165, 1.54) is 17.8 Å². The minimum atomic E-state index is 0.179. The predicted octanol–water partition coefficient (Wildman–Crippen LogP) is 1.99. The number of nitrogens with one attached hydrogen (secondary N) is 1. The van der Waals surface area contributed by atoms with Crippen LogP contribution >= 0.6 is 11.3 Å². The lowest BCUT2D eigenvalue weighted by atomic mass is 9.93. The van der Waals surface area contributed by atoms with Crippen LogP contribution < -0.4 is 5.32 Å². The van der Waals surface area contributed by atoms with Crippen molar-refractivity contribution in [2.24, 2.45) is 5.92 Å². The number of hydrogen-bond donors (Lipinski definition) is 1. The number of aromatic nitrogens is 3. The Kier molecular flexibility index (Phi) is 5.87. The molecule has 0 saturated carbocycles. The van der Waals surface area contributed by atoms with Crippen molar-refractivity contribution in [3.8, 4) is 10.7 Å². The van der Waals surface area contributed by atoms with Gasteiger partial charge in [0.25, 0.3) is 0 Å². The van der Waals surface area contributed by atoms with Gasteiger partial charge in [-0.15, -0.1) is 11.3 Å². The van der Waals surface area contributed by atoms with Gasteiger partial charge in [0.1, 0.15) is 10.7 Å². The molecule has 6 nitrogen and oxygen atoms in total. The number of carbonyl (C=O) groups excluding carboxylic acids is 1. The third kappa shape index (κ3) is 4.36. The summed E-state index contributed by atoms with van der Waals surface area (Å²) in [4.78, 5) is 27.3. The van der Waals surface area contributed by atoms with Crippen LogP contribution in [-0.4, -0.2) is 52.4 Å². The summed E-state index contributed by atoms with van der Waals surface area (Å²) in [6.45, 7) is 2.80. The van der Waals surface area contributed by atoms with Crippen LogP contribution in [-0.2, 0) is 11.2 Å². The molecule has 0 spiro atoms. The van der Waals surface area contributed by atoms with E-state index in [-0.39, 0.29) is 5.91 Å². The van der Waals surface area contributed by atoms with Crippen molar-refractivity contribution < 1.29 is 4.79 Å². The van der Waals surface area contributed by atoms with E-state index in [2.05, 4.69) is 20.3 Å². The molecule has 1 saturated heterocycles. The Labute approximate surface area is 146 Å². The second kappa shape index (κ2) is 8.30. The van der Waals surface area contributed by atoms with E-state index in [1.807, 2.05) is 17.3 Å². The molecule has 0 atom stereocenters. The Morgan fingerprint density at radius 3 is 2.92 bits per heavy atom. The number of rotatable bonds is 6. The Bertz CT molecular complexity index is 652. The lowest BCUT2D eigenvalue weighted by Crippen LogP contribution is -2.39. The number of likely N-dealkylation sites (tertiary alicyclic amines) is 1. The topological polar surface area (TPSA) is 71.0 Å². The Morgan fingerprint density at radius 1 is 1.38 bits per heavy atom. The Balaban J connectivity index is 1.52. The monoisotopic (exact) mass is 345 g/mol. The van der Waals surface area contributed by atoms with Crippen LogP contribution in [0.1, 0.15) is 25.0 Å². The van der Waals surface area contributed by atoms with Crippen molar-refractivity contribution in [1.29, 1.82) is 0 Å². The average Bonchev–Trinajstić information content (AvgIpc) is 3.09. The van der Waals surface area contributed by atoms with Crippen LogP contribution in [0.15, 0.2) is 24.0 Å². The molecule has 0 unspecified atom stereocenters. The summed E-state index contributed by atoms with van der Waals surface area (Å²) in [6, 6.07) is 0. The molecular formula is C17H23N5OS. The van der Waals surface area contributed by atoms with Crippen LogP contribution in [0.2, 0.25) is 0 Å². The minimum absolute atomic E-state index is 0.179. The fourth-order valence-electron chi connectivity index (χ4n) is 3.00. The summed E-state index contributed by atoms with van der Waals surface area (Å²) < 4.78 is 0. The van der Waals surface area contributed by atoms with Gasteiger partial charge >= 0.3 is 0 Å². The quantitative estimate of drug-likeness (QED) is 0.867. The molecule has 3 heterocycles. The lowest BCUT2D eigenvalue weighted by Gasteiger charge is -2.32. The van der Waals surface area contributed by atoms with Crippen LogP contribution in [0.5, 0.6) is 0 Å². The van der Waals surface area contributed by atoms with E-state index >= 15 is 0 Å². The minimum Gasteiger partial charge on any atom is -0.342 e. The van der Waals surface area contributed by atoms with Gasteiger partial charge in [0.2, 0.25) is 5.91 Å². The lowest BCUT2D eigenvalue weighted by molar-refractivity contribution is -0.131. The molecule has 1 aliphatic rings. The number of piperidine rings is 1. The highest BCUT2D eigenvalue weighted by molar-refractivity contribution is 7.13. The van der Waals surface area contributed by atoms with Gasteiger partial charge in [-0.1, -0.05) is 0 Å². The number of carbonyl (C=O) groups is 1. The Hall–Kier alpha value is -1.86. The largest absolute Gasteiger partial charge is 0.342 e. The molecule has 7 heteroatoms. The van der Waals surface area contributed by atoms with E-state index in [9.17, 15) is 4.79 Å². The normalized spacial score (nSPS) is 15.6. The van der Waals surface area contributed by atoms with Crippen molar-refractivity contribution in [1.82, 2.24) is 25.2 Å². The van der Waals surface area contributed by atoms with Gasteiger partial charge in [-0.25, -0.2) is 4.98 Å². The first-order valence-corrected chi connectivity index (χ1v) is 9.27. The molecule has 0 bridgehead atoms. The summed E-state index contributed by atoms with van der Waals surface area (Å²) in [5, 5.41) is 5.96. The summed E-state index contributed by atoms with van der Waals surface area (Å²) in [5.41, 5.74) is 1.58. The van der Waals surface area contributed by atoms with Crippen molar-refractivity contribution in [3.63, 3.8) is 0 Å². The highest BCUT2D eigenvalue weighted by Gasteiger charge is 2.23. The second-order valence-corrected chi connectivity index (χ2v) is 6.99. The molecule has 3 rings (SSSR count). The van der Waals surface area contributed by atoms with Crippen molar-refractivity contribution in [2.75, 3.05) is 26.7 Å². The SMILES string of the molecule is CNCCC1CCN(C(=O)Cc2csc(-c3cnccn3)n2)CC1. The van der Waals surface area contributed by atoms with Crippen LogP contribution in [0.25, 0.3) is 10.7 Å². The fraction of sp³-hybridized carbons (Fsp3) is 0.529. The third-order valence-electron chi connectivity index (χ3n) is 4.44. The van der Waals surface area contributed by atoms with Crippen molar-refractivity contribution >= 4 is 17.2 Å². The zero-order valence-corrected chi connectivity index (χ0v) is 14.8. The molecule has 1 fully saturated rings. The average molecular weight is 345 g/mol. The summed E-state index contributed by atoms with van der Waals surface area (Å²) in [6.07, 6.45) is 8.77. The van der Waals surface area contributed by atoms with Crippen molar-refractivity contribution in [3.05, 3.63) is 29.7 Å². The van der Waals surface area contributed by atoms with E-state index in [1.54, 1.807) is 18.6 Å². The molecular weight excluding hydrogens is 322 g/mol. The zero-order valence-electron chi connectivity index (χ0n) is 13.9. The van der Waals surface area contributed by atoms with Gasteiger partial charge in [-0.05, 0) is 38.8 Å². The summed E-state index contributed by atoms with van der Waals surface area (Å²) in [7, 11) is 1.99. The maximum atomic E-state index is 12.5. The van der Waals surface area contributed by atoms with Gasteiger partial charge in [-0.3, -0.25) is 14.8 Å². The van der Waals surface area contributed by atoms with E-state index in [0.29, 0.717) is 6.42 Å². The predicted molar refractivity (Wildman–Crippen MR) is 94.7 cm³/mol. The molecule has 2 aromatic rings. The number of hydrogen-bond acceptors (Lipinski definition) is 6. The standard InChI is InChI=1S/C17H23N5OS/c1-18-5-2-13-3-8-22(9-4-13)16(23)10-14-12-24-17(21-14)15-11-19-6-7-20-15/h6-7,11-13,18H,2-5,8-10H2,1H3. The highest BCUT2D eigenvalue weighted by Crippen LogP contribution is 2.23. The highest BCUT2D eigenvalue weighted by atomic mass is 32.1. The molecule has 0 aromatic carbocycles. The second-order valence-electron chi connectivity index (χ2n) is 6.13. The molecule has 24 heavy (non-hydrogen) atoms. The van der Waals surface area contributed by atoms with Gasteiger partial charge < -0.3 is 10.2 Å². The van der Waals surface area contributed by atoms with Crippen molar-refractivity contribution in [2.45, 2.75) is 25.7 Å². The molecule has 2 aromatic heterocycles. The number of nitrogens with zero attached hydrogens (tertiary/aromatic N) is 4. The molecule has 128 valence electrons. The van der Waals surface area contributed by atoms with Gasteiger partial charge in [0, 0.05) is 30.9 Å². The zero-order chi connectivity index (χ0) is 16.8. The van der Waals surface area contributed by atoms with Crippen LogP contribution in [0.3, 0.4) is 0 Å². The van der Waals surface area contributed by atoms with Gasteiger partial charge in [-0.2, -0.15) is 0 Å². The number of amides is 1. The van der Waals surface area contributed by atoms with Crippen LogP contribution in [0.4, 0.5) is 0 Å². The molecule has 1 amide bonds. The van der Waals surface area contributed by atoms with Gasteiger partial charge in [0.15, 0.2) is 0 Å². The molecule has 1 N–H and O–H groups in total. The smallest absolute Gasteiger partial charge is 0.228 e. The number of thiazole rings is 1. The summed E-state index contributed by atoms with van der Waals surface area (Å²) >= 11 is 1.51. The third-order valence-corrected chi connectivity index (χ3v) is 5.35.